The van der Waals surface area contributed by atoms with Crippen LogP contribution < -0.4 is 15.2 Å². The van der Waals surface area contributed by atoms with Gasteiger partial charge in [0, 0.05) is 29.2 Å². The monoisotopic (exact) mass is 621 g/mol. The molecule has 3 N–H and O–H groups in total. The number of halogens is 3. The Hall–Kier alpha value is -2.60. The van der Waals surface area contributed by atoms with Gasteiger partial charge in [-0.05, 0) is 79.3 Å². The lowest BCUT2D eigenvalue weighted by atomic mass is 10.0. The van der Waals surface area contributed by atoms with E-state index in [2.05, 4.69) is 15.9 Å². The number of nitrogens with one attached hydrogen (secondary N) is 1. The summed E-state index contributed by atoms with van der Waals surface area (Å²) in [6.07, 6.45) is 4.93. The third-order valence-electron chi connectivity index (χ3n) is 7.35. The quantitative estimate of drug-likeness (QED) is 0.372. The van der Waals surface area contributed by atoms with Crippen LogP contribution in [0.4, 0.5) is 8.78 Å². The molecule has 2 atom stereocenters. The molecule has 2 fully saturated rings. The highest BCUT2D eigenvalue weighted by atomic mass is 79.9. The number of nitrogens with zero attached hydrogens (tertiary/aromatic N) is 1. The lowest BCUT2D eigenvalue weighted by Crippen LogP contribution is -2.56. The molecular formula is C28H30BrF2N3O4S. The summed E-state index contributed by atoms with van der Waals surface area (Å²) in [6, 6.07) is 12.2. The van der Waals surface area contributed by atoms with Crippen molar-refractivity contribution in [3.8, 4) is 5.75 Å². The number of sulfonamides is 1. The molecule has 0 aromatic heterocycles. The van der Waals surface area contributed by atoms with Crippen LogP contribution in [0.1, 0.15) is 37.7 Å². The molecule has 1 saturated heterocycles. The van der Waals surface area contributed by atoms with Gasteiger partial charge in [-0.3, -0.25) is 4.79 Å². The number of nitrogens with two attached hydrogens (primary N) is 1. The summed E-state index contributed by atoms with van der Waals surface area (Å²) in [5, 5.41) is 1.35. The molecule has 208 valence electrons. The van der Waals surface area contributed by atoms with Gasteiger partial charge in [-0.25, -0.2) is 8.42 Å². The first kappa shape index (κ1) is 27.9. The predicted octanol–water partition coefficient (Wildman–Crippen LogP) is 4.92. The Kier molecular flexibility index (Phi) is 7.96. The molecule has 39 heavy (non-hydrogen) atoms. The minimum atomic E-state index is -4.52. The van der Waals surface area contributed by atoms with Gasteiger partial charge >= 0.3 is 0 Å². The molecule has 1 amide bonds. The summed E-state index contributed by atoms with van der Waals surface area (Å²) in [5.41, 5.74) is 5.41. The number of alkyl halides is 2. The number of rotatable bonds is 8. The normalized spacial score (nSPS) is 19.5. The van der Waals surface area contributed by atoms with Gasteiger partial charge in [-0.15, -0.1) is 0 Å². The van der Waals surface area contributed by atoms with Crippen molar-refractivity contribution in [3.05, 3.63) is 70.7 Å². The Morgan fingerprint density at radius 2 is 1.69 bits per heavy atom. The molecule has 3 aromatic carbocycles. The van der Waals surface area contributed by atoms with Crippen LogP contribution in [-0.2, 0) is 20.7 Å². The van der Waals surface area contributed by atoms with Gasteiger partial charge in [0.1, 0.15) is 5.75 Å². The van der Waals surface area contributed by atoms with E-state index in [-0.39, 0.29) is 30.1 Å². The highest BCUT2D eigenvalue weighted by Crippen LogP contribution is 2.35. The van der Waals surface area contributed by atoms with E-state index in [4.69, 9.17) is 10.5 Å². The number of carbonyl (C=O) groups excluding carboxylic acids is 1. The molecule has 11 heteroatoms. The number of ether oxygens (including phenoxy) is 1. The minimum absolute atomic E-state index is 0.0781. The number of benzene rings is 3. The molecule has 1 saturated carbocycles. The highest BCUT2D eigenvalue weighted by molar-refractivity contribution is 9.10. The Morgan fingerprint density at radius 1 is 1.03 bits per heavy atom. The second-order valence-corrected chi connectivity index (χ2v) is 12.8. The maximum absolute atomic E-state index is 15.8. The maximum Gasteiger partial charge on any atom is 0.298 e. The van der Waals surface area contributed by atoms with Gasteiger partial charge in [0.25, 0.3) is 5.92 Å². The number of hydrogen-bond acceptors (Lipinski definition) is 5. The molecule has 7 nitrogen and oxygen atoms in total. The second kappa shape index (κ2) is 11.1. The zero-order valence-electron chi connectivity index (χ0n) is 21.2. The van der Waals surface area contributed by atoms with Crippen molar-refractivity contribution in [2.24, 2.45) is 5.73 Å². The highest BCUT2D eigenvalue weighted by Gasteiger charge is 2.50. The summed E-state index contributed by atoms with van der Waals surface area (Å²) in [4.78, 5) is 14.3. The third kappa shape index (κ3) is 6.11. The molecule has 3 aromatic rings. The van der Waals surface area contributed by atoms with E-state index in [1.54, 1.807) is 18.2 Å². The molecule has 0 spiro atoms. The van der Waals surface area contributed by atoms with Crippen LogP contribution in [0.5, 0.6) is 5.75 Å². The van der Waals surface area contributed by atoms with E-state index in [1.165, 1.54) is 29.2 Å². The zero-order valence-corrected chi connectivity index (χ0v) is 23.6. The first-order chi connectivity index (χ1) is 18.5. The van der Waals surface area contributed by atoms with E-state index < -0.39 is 33.5 Å². The lowest BCUT2D eigenvalue weighted by molar-refractivity contribution is -0.143. The molecule has 1 aliphatic carbocycles. The predicted molar refractivity (Wildman–Crippen MR) is 148 cm³/mol. The molecule has 0 unspecified atom stereocenters. The van der Waals surface area contributed by atoms with Gasteiger partial charge in [0.05, 0.1) is 11.0 Å². The average Bonchev–Trinajstić information content (AvgIpc) is 3.58. The van der Waals surface area contributed by atoms with Crippen LogP contribution in [-0.4, -0.2) is 50.5 Å². The van der Waals surface area contributed by atoms with Crippen molar-refractivity contribution < 1.29 is 26.7 Å². The van der Waals surface area contributed by atoms with E-state index in [0.717, 1.165) is 43.2 Å². The first-order valence-corrected chi connectivity index (χ1v) is 15.2. The second-order valence-electron chi connectivity index (χ2n) is 10.2. The Bertz CT molecular complexity index is 1460. The fourth-order valence-electron chi connectivity index (χ4n) is 5.15. The smallest absolute Gasteiger partial charge is 0.298 e. The van der Waals surface area contributed by atoms with E-state index in [9.17, 15) is 13.2 Å². The van der Waals surface area contributed by atoms with Crippen LogP contribution in [0.15, 0.2) is 70.0 Å². The lowest BCUT2D eigenvalue weighted by Gasteiger charge is -2.30. The Labute approximate surface area is 234 Å². The number of amides is 1. The summed E-state index contributed by atoms with van der Waals surface area (Å²) in [7, 11) is -4.52. The molecule has 5 rings (SSSR count). The van der Waals surface area contributed by atoms with Crippen LogP contribution in [0.3, 0.4) is 0 Å². The van der Waals surface area contributed by atoms with Crippen LogP contribution in [0.25, 0.3) is 10.8 Å². The van der Waals surface area contributed by atoms with Crippen LogP contribution in [0, 0.1) is 0 Å². The Morgan fingerprint density at radius 3 is 2.36 bits per heavy atom. The van der Waals surface area contributed by atoms with Crippen molar-refractivity contribution in [2.75, 3.05) is 13.1 Å². The molecule has 2 aliphatic rings. The Balaban J connectivity index is 1.44. The zero-order chi connectivity index (χ0) is 27.8. The standard InChI is InChI=1S/C28H30BrF2N3O4S/c29-21-9-7-20(8-10-21)28(30,31)26(27(35)34-14-13-22(32)17-34)33-39(36,37)25-12-6-18-15-24(11-5-19(18)16-25)38-23-3-1-2-4-23/h5-12,15-16,22-23,26,33H,1-4,13-14,17,32H2/t22-,26+/m1/s1. The van der Waals surface area contributed by atoms with E-state index >= 15 is 8.78 Å². The maximum atomic E-state index is 15.8. The summed E-state index contributed by atoms with van der Waals surface area (Å²) >= 11 is 3.21. The minimum Gasteiger partial charge on any atom is -0.490 e. The number of hydrogen-bond donors (Lipinski definition) is 2. The molecule has 1 heterocycles. The van der Waals surface area contributed by atoms with Crippen molar-refractivity contribution in [3.63, 3.8) is 0 Å². The van der Waals surface area contributed by atoms with E-state index in [1.807, 2.05) is 10.8 Å². The van der Waals surface area contributed by atoms with Crippen molar-refractivity contribution in [2.45, 2.75) is 61.1 Å². The average molecular weight is 623 g/mol. The third-order valence-corrected chi connectivity index (χ3v) is 9.30. The van der Waals surface area contributed by atoms with Gasteiger partial charge in [0.15, 0.2) is 6.04 Å². The van der Waals surface area contributed by atoms with Crippen molar-refractivity contribution in [1.82, 2.24) is 9.62 Å². The van der Waals surface area contributed by atoms with Gasteiger partial charge in [-0.1, -0.05) is 40.2 Å². The molecule has 0 bridgehead atoms. The van der Waals surface area contributed by atoms with Crippen LogP contribution in [0.2, 0.25) is 0 Å². The largest absolute Gasteiger partial charge is 0.490 e. The first-order valence-electron chi connectivity index (χ1n) is 12.9. The SMILES string of the molecule is N[C@@H]1CCN(C(=O)[C@H](NS(=O)(=O)c2ccc3cc(OC4CCCC4)ccc3c2)C(F)(F)c2ccc(Br)cc2)C1. The van der Waals surface area contributed by atoms with Crippen molar-refractivity contribution >= 4 is 42.6 Å². The fourth-order valence-corrected chi connectivity index (χ4v) is 6.64. The fraction of sp³-hybridized carbons (Fsp3) is 0.393. The summed E-state index contributed by atoms with van der Waals surface area (Å²) in [6.45, 7) is 0.255. The number of likely N-dealkylation sites (tertiary alicyclic amines) is 1. The van der Waals surface area contributed by atoms with Crippen LogP contribution >= 0.6 is 15.9 Å². The molecule has 1 aliphatic heterocycles. The summed E-state index contributed by atoms with van der Waals surface area (Å²) in [5.74, 6) is -4.15. The number of fused-ring (bicyclic) bond motifs is 1. The summed E-state index contributed by atoms with van der Waals surface area (Å²) < 4.78 is 67.2. The number of carbonyl (C=O) groups is 1. The van der Waals surface area contributed by atoms with Crippen molar-refractivity contribution in [1.29, 1.82) is 0 Å². The van der Waals surface area contributed by atoms with Gasteiger partial charge in [-0.2, -0.15) is 13.5 Å². The van der Waals surface area contributed by atoms with Gasteiger partial charge in [0.2, 0.25) is 15.9 Å². The topological polar surface area (TPSA) is 102 Å². The van der Waals surface area contributed by atoms with E-state index in [0.29, 0.717) is 22.0 Å². The molecule has 0 radical (unpaired) electrons. The van der Waals surface area contributed by atoms with Gasteiger partial charge < -0.3 is 15.4 Å². The molecular weight excluding hydrogens is 592 g/mol.